The summed E-state index contributed by atoms with van der Waals surface area (Å²) in [5.41, 5.74) is -1.10. The summed E-state index contributed by atoms with van der Waals surface area (Å²) in [6, 6.07) is 12.7. The topological polar surface area (TPSA) is 87.5 Å². The van der Waals surface area contributed by atoms with Gasteiger partial charge in [0, 0.05) is 13.1 Å². The van der Waals surface area contributed by atoms with Crippen molar-refractivity contribution in [2.45, 2.75) is 37.5 Å². The Kier molecular flexibility index (Phi) is 7.01. The predicted molar refractivity (Wildman–Crippen MR) is 120 cm³/mol. The van der Waals surface area contributed by atoms with Crippen molar-refractivity contribution >= 4 is 5.91 Å². The molecule has 0 bridgehead atoms. The maximum atomic E-state index is 13.7. The number of benzene rings is 1. The summed E-state index contributed by atoms with van der Waals surface area (Å²) in [6.45, 7) is 0.200. The molecular weight excluding hydrogens is 461 g/mol. The lowest BCUT2D eigenvalue weighted by Crippen LogP contribution is -2.72. The minimum atomic E-state index is -4.60. The number of pyridine rings is 1. The van der Waals surface area contributed by atoms with E-state index >= 15 is 0 Å². The highest BCUT2D eigenvalue weighted by Gasteiger charge is 2.62. The van der Waals surface area contributed by atoms with E-state index in [9.17, 15) is 18.0 Å². The molecule has 4 rings (SSSR count). The van der Waals surface area contributed by atoms with Crippen molar-refractivity contribution in [3.63, 3.8) is 0 Å². The van der Waals surface area contributed by atoms with Crippen molar-refractivity contribution in [3.8, 4) is 11.8 Å². The average Bonchev–Trinajstić information content (AvgIpc) is 3.24. The van der Waals surface area contributed by atoms with Gasteiger partial charge in [0.2, 0.25) is 5.91 Å². The van der Waals surface area contributed by atoms with E-state index in [1.807, 2.05) is 23.1 Å². The molecule has 1 N–H and O–H groups in total. The highest BCUT2D eigenvalue weighted by molar-refractivity contribution is 5.84. The molecule has 2 saturated heterocycles. The number of nitriles is 1. The number of aromatic nitrogens is 1. The third-order valence-electron chi connectivity index (χ3n) is 6.90. The number of alkyl halides is 3. The molecule has 0 unspecified atom stereocenters. The normalized spacial score (nSPS) is 21.7. The lowest BCUT2D eigenvalue weighted by Gasteiger charge is -2.45. The number of hydrogen-bond donors (Lipinski definition) is 1. The van der Waals surface area contributed by atoms with Gasteiger partial charge in [0.25, 0.3) is 0 Å². The molecule has 186 valence electrons. The number of methoxy groups -OCH3 is 1. The van der Waals surface area contributed by atoms with E-state index in [1.54, 1.807) is 31.5 Å². The molecule has 0 aliphatic carbocycles. The number of carbonyl (C=O) groups is 1. The molecule has 1 aromatic carbocycles. The van der Waals surface area contributed by atoms with Gasteiger partial charge < -0.3 is 14.8 Å². The van der Waals surface area contributed by atoms with Gasteiger partial charge in [-0.15, -0.1) is 0 Å². The molecule has 0 spiro atoms. The van der Waals surface area contributed by atoms with Crippen LogP contribution in [0, 0.1) is 16.7 Å². The number of ether oxygens (including phenoxy) is 2. The van der Waals surface area contributed by atoms with Crippen LogP contribution in [0.25, 0.3) is 0 Å². The first-order valence-electron chi connectivity index (χ1n) is 11.4. The minimum absolute atomic E-state index is 0.317. The number of hydrogen-bond acceptors (Lipinski definition) is 6. The van der Waals surface area contributed by atoms with E-state index in [0.29, 0.717) is 50.2 Å². The lowest BCUT2D eigenvalue weighted by atomic mass is 9.79. The molecule has 1 amide bonds. The van der Waals surface area contributed by atoms with Crippen molar-refractivity contribution in [1.29, 1.82) is 5.26 Å². The van der Waals surface area contributed by atoms with Gasteiger partial charge in [0.05, 0.1) is 49.3 Å². The fourth-order valence-corrected chi connectivity index (χ4v) is 4.54. The number of halogens is 3. The van der Waals surface area contributed by atoms with E-state index < -0.39 is 36.3 Å². The van der Waals surface area contributed by atoms with Crippen molar-refractivity contribution in [2.24, 2.45) is 5.41 Å². The maximum absolute atomic E-state index is 13.7. The number of amides is 1. The lowest BCUT2D eigenvalue weighted by molar-refractivity contribution is -0.267. The van der Waals surface area contributed by atoms with Gasteiger partial charge in [0.15, 0.2) is 5.54 Å². The van der Waals surface area contributed by atoms with Gasteiger partial charge in [-0.05, 0) is 55.6 Å². The van der Waals surface area contributed by atoms with Crippen LogP contribution in [0.3, 0.4) is 0 Å². The number of nitrogens with one attached hydrogen (secondary N) is 1. The molecule has 3 heterocycles. The summed E-state index contributed by atoms with van der Waals surface area (Å²) in [5.74, 6) is 0.0310. The van der Waals surface area contributed by atoms with Crippen LogP contribution in [0.15, 0.2) is 42.6 Å². The largest absolute Gasteiger partial charge is 0.495 e. The fourth-order valence-electron chi connectivity index (χ4n) is 4.54. The Hall–Kier alpha value is -3.16. The van der Waals surface area contributed by atoms with Gasteiger partial charge in [-0.3, -0.25) is 14.7 Å². The van der Waals surface area contributed by atoms with Gasteiger partial charge >= 0.3 is 6.18 Å². The van der Waals surface area contributed by atoms with Crippen LogP contribution in [0.1, 0.15) is 29.7 Å². The number of aryl methyl sites for hydroxylation is 1. The zero-order chi connectivity index (χ0) is 25.1. The van der Waals surface area contributed by atoms with Gasteiger partial charge in [-0.25, -0.2) is 0 Å². The summed E-state index contributed by atoms with van der Waals surface area (Å²) in [7, 11) is 1.55. The van der Waals surface area contributed by atoms with Crippen LogP contribution in [0.2, 0.25) is 0 Å². The Labute approximate surface area is 201 Å². The van der Waals surface area contributed by atoms with E-state index in [1.165, 1.54) is 0 Å². The fraction of sp³-hybridized carbons (Fsp3) is 0.480. The smallest absolute Gasteiger partial charge is 0.416 e. The highest BCUT2D eigenvalue weighted by atomic mass is 19.4. The third kappa shape index (κ3) is 5.26. The van der Waals surface area contributed by atoms with E-state index in [-0.39, 0.29) is 0 Å². The van der Waals surface area contributed by atoms with Crippen molar-refractivity contribution < 1.29 is 27.4 Å². The molecule has 2 aliphatic heterocycles. The summed E-state index contributed by atoms with van der Waals surface area (Å²) in [5, 5.41) is 11.3. The molecule has 1 aromatic heterocycles. The van der Waals surface area contributed by atoms with Crippen molar-refractivity contribution in [3.05, 3.63) is 59.4 Å². The molecule has 0 radical (unpaired) electrons. The van der Waals surface area contributed by atoms with Crippen LogP contribution < -0.4 is 10.1 Å². The first-order chi connectivity index (χ1) is 16.7. The van der Waals surface area contributed by atoms with Crippen LogP contribution >= 0.6 is 0 Å². The maximum Gasteiger partial charge on any atom is 0.416 e. The molecule has 1 atom stereocenters. The predicted octanol–water partition coefficient (Wildman–Crippen LogP) is 3.23. The molecule has 2 fully saturated rings. The number of nitrogens with zero attached hydrogens (tertiary/aromatic N) is 3. The molecule has 2 aliphatic rings. The number of likely N-dealkylation sites (tertiary alicyclic amines) is 1. The second-order valence-electron chi connectivity index (χ2n) is 9.27. The average molecular weight is 489 g/mol. The van der Waals surface area contributed by atoms with Gasteiger partial charge in [-0.1, -0.05) is 12.1 Å². The van der Waals surface area contributed by atoms with Crippen LogP contribution in [0.5, 0.6) is 5.75 Å². The van der Waals surface area contributed by atoms with E-state index in [0.717, 1.165) is 11.3 Å². The SMILES string of the molecule is COc1ccc(CN2CC[C@@](CCc3ccc(C#N)cc3)(C(=O)NC3(C(F)(F)F)COC3)C2)nc1. The Morgan fingerprint density at radius 1 is 1.26 bits per heavy atom. The molecular formula is C25H27F3N4O3. The zero-order valence-electron chi connectivity index (χ0n) is 19.4. The number of carbonyl (C=O) groups excluding carboxylic acids is 1. The minimum Gasteiger partial charge on any atom is -0.495 e. The van der Waals surface area contributed by atoms with Crippen LogP contribution in [-0.4, -0.2) is 60.9 Å². The molecule has 2 aromatic rings. The van der Waals surface area contributed by atoms with E-state index in [2.05, 4.69) is 16.4 Å². The Bertz CT molecular complexity index is 1080. The first-order valence-corrected chi connectivity index (χ1v) is 11.4. The van der Waals surface area contributed by atoms with E-state index in [4.69, 9.17) is 14.7 Å². The third-order valence-corrected chi connectivity index (χ3v) is 6.90. The monoisotopic (exact) mass is 488 g/mol. The van der Waals surface area contributed by atoms with Gasteiger partial charge in [0.1, 0.15) is 5.75 Å². The summed E-state index contributed by atoms with van der Waals surface area (Å²) < 4.78 is 51.2. The summed E-state index contributed by atoms with van der Waals surface area (Å²) in [6.07, 6.45) is -1.67. The Morgan fingerprint density at radius 3 is 2.54 bits per heavy atom. The summed E-state index contributed by atoms with van der Waals surface area (Å²) >= 11 is 0. The molecule has 10 heteroatoms. The van der Waals surface area contributed by atoms with Crippen molar-refractivity contribution in [1.82, 2.24) is 15.2 Å². The van der Waals surface area contributed by atoms with Crippen molar-refractivity contribution in [2.75, 3.05) is 33.4 Å². The molecule has 0 saturated carbocycles. The number of rotatable bonds is 8. The molecule has 7 nitrogen and oxygen atoms in total. The summed E-state index contributed by atoms with van der Waals surface area (Å²) in [4.78, 5) is 19.9. The second kappa shape index (κ2) is 9.84. The second-order valence-corrected chi connectivity index (χ2v) is 9.27. The standard InChI is InChI=1S/C25H27F3N4O3/c1-34-21-7-6-20(30-13-21)14-32-11-10-23(15-32,9-8-18-2-4-19(12-29)5-3-18)22(33)31-24(16-35-17-24)25(26,27)28/h2-7,13H,8-11,14-17H2,1H3,(H,31,33)/t23-/m1/s1. The first kappa shape index (κ1) is 24.9. The van der Waals surface area contributed by atoms with Crippen LogP contribution in [-0.2, 0) is 22.5 Å². The van der Waals surface area contributed by atoms with Crippen LogP contribution in [0.4, 0.5) is 13.2 Å². The van der Waals surface area contributed by atoms with Gasteiger partial charge in [-0.2, -0.15) is 18.4 Å². The molecule has 35 heavy (non-hydrogen) atoms. The Balaban J connectivity index is 1.51. The zero-order valence-corrected chi connectivity index (χ0v) is 19.4. The Morgan fingerprint density at radius 2 is 2.00 bits per heavy atom. The quantitative estimate of drug-likeness (QED) is 0.614. The highest BCUT2D eigenvalue weighted by Crippen LogP contribution is 2.41.